The van der Waals surface area contributed by atoms with Gasteiger partial charge in [0.25, 0.3) is 5.91 Å². The molecule has 1 aliphatic carbocycles. The van der Waals surface area contributed by atoms with E-state index in [1.54, 1.807) is 4.90 Å². The van der Waals surface area contributed by atoms with Crippen LogP contribution in [0.2, 0.25) is 5.15 Å². The van der Waals surface area contributed by atoms with Crippen molar-refractivity contribution in [2.45, 2.75) is 25.3 Å². The lowest BCUT2D eigenvalue weighted by molar-refractivity contribution is 0.0746. The third kappa shape index (κ3) is 2.77. The summed E-state index contributed by atoms with van der Waals surface area (Å²) in [6.07, 6.45) is 3.05. The van der Waals surface area contributed by atoms with Gasteiger partial charge in [-0.05, 0) is 18.9 Å². The first-order valence-corrected chi connectivity index (χ1v) is 6.00. The fourth-order valence-corrected chi connectivity index (χ4v) is 1.92. The number of aromatic nitrogens is 1. The van der Waals surface area contributed by atoms with E-state index in [1.807, 2.05) is 6.07 Å². The Morgan fingerprint density at radius 1 is 1.67 bits per heavy atom. The summed E-state index contributed by atoms with van der Waals surface area (Å²) in [5, 5.41) is 8.57. The monoisotopic (exact) mass is 267 g/mol. The SMILES string of the molecule is N#CCCN(C(=O)c1cc(F)cnc1Cl)C1CC1. The molecule has 1 amide bonds. The van der Waals surface area contributed by atoms with Gasteiger partial charge in [-0.3, -0.25) is 4.79 Å². The molecule has 4 nitrogen and oxygen atoms in total. The number of nitrogens with zero attached hydrogens (tertiary/aromatic N) is 3. The Hall–Kier alpha value is -1.67. The molecule has 0 aromatic carbocycles. The third-order valence-corrected chi connectivity index (χ3v) is 3.05. The maximum atomic E-state index is 13.1. The van der Waals surface area contributed by atoms with Crippen molar-refractivity contribution >= 4 is 17.5 Å². The van der Waals surface area contributed by atoms with Crippen molar-refractivity contribution in [3.05, 3.63) is 28.8 Å². The first-order chi connectivity index (χ1) is 8.63. The highest BCUT2D eigenvalue weighted by atomic mass is 35.5. The van der Waals surface area contributed by atoms with Crippen molar-refractivity contribution in [1.29, 1.82) is 5.26 Å². The molecule has 1 aromatic heterocycles. The van der Waals surface area contributed by atoms with E-state index in [1.165, 1.54) is 0 Å². The summed E-state index contributed by atoms with van der Waals surface area (Å²) in [5.41, 5.74) is 0.0570. The van der Waals surface area contributed by atoms with Crippen LogP contribution in [0.25, 0.3) is 0 Å². The summed E-state index contributed by atoms with van der Waals surface area (Å²) in [6.45, 7) is 0.340. The fourth-order valence-electron chi connectivity index (χ4n) is 1.73. The first kappa shape index (κ1) is 12.8. The first-order valence-electron chi connectivity index (χ1n) is 5.62. The van der Waals surface area contributed by atoms with Crippen LogP contribution < -0.4 is 0 Å². The molecule has 1 heterocycles. The highest BCUT2D eigenvalue weighted by molar-refractivity contribution is 6.32. The third-order valence-electron chi connectivity index (χ3n) is 2.75. The Bertz CT molecular complexity index is 511. The average molecular weight is 268 g/mol. The second-order valence-electron chi connectivity index (χ2n) is 4.13. The molecule has 1 saturated carbocycles. The number of halogens is 2. The van der Waals surface area contributed by atoms with Crippen molar-refractivity contribution in [2.75, 3.05) is 6.54 Å². The largest absolute Gasteiger partial charge is 0.335 e. The predicted molar refractivity (Wildman–Crippen MR) is 63.5 cm³/mol. The average Bonchev–Trinajstić information content (AvgIpc) is 3.17. The molecule has 0 bridgehead atoms. The number of carbonyl (C=O) groups excluding carboxylic acids is 1. The molecular formula is C12H11ClFN3O. The molecule has 0 radical (unpaired) electrons. The summed E-state index contributed by atoms with van der Waals surface area (Å²) >= 11 is 5.80. The standard InChI is InChI=1S/C12H11ClFN3O/c13-11-10(6-8(14)7-16-11)12(18)17(5-1-4-15)9-2-3-9/h6-7,9H,1-3,5H2. The minimum absolute atomic E-state index is 0.0102. The molecule has 1 aromatic rings. The normalized spacial score (nSPS) is 14.1. The Morgan fingerprint density at radius 3 is 3.00 bits per heavy atom. The highest BCUT2D eigenvalue weighted by Gasteiger charge is 2.33. The second-order valence-corrected chi connectivity index (χ2v) is 4.49. The van der Waals surface area contributed by atoms with Crippen molar-refractivity contribution < 1.29 is 9.18 Å². The number of nitriles is 1. The molecule has 0 atom stereocenters. The van der Waals surface area contributed by atoms with E-state index < -0.39 is 5.82 Å². The molecule has 94 valence electrons. The number of hydrogen-bond acceptors (Lipinski definition) is 3. The number of rotatable bonds is 4. The van der Waals surface area contributed by atoms with E-state index in [9.17, 15) is 9.18 Å². The molecular weight excluding hydrogens is 257 g/mol. The van der Waals surface area contributed by atoms with Gasteiger partial charge in [-0.15, -0.1) is 0 Å². The van der Waals surface area contributed by atoms with E-state index in [2.05, 4.69) is 4.98 Å². The van der Waals surface area contributed by atoms with E-state index in [-0.39, 0.29) is 29.1 Å². The van der Waals surface area contributed by atoms with Crippen LogP contribution in [0.5, 0.6) is 0 Å². The molecule has 0 N–H and O–H groups in total. The van der Waals surface area contributed by atoms with E-state index in [0.717, 1.165) is 25.1 Å². The predicted octanol–water partition coefficient (Wildman–Crippen LogP) is 2.39. The van der Waals surface area contributed by atoms with Gasteiger partial charge in [-0.25, -0.2) is 9.37 Å². The van der Waals surface area contributed by atoms with Gasteiger partial charge in [0.05, 0.1) is 24.3 Å². The minimum Gasteiger partial charge on any atom is -0.335 e. The highest BCUT2D eigenvalue weighted by Crippen LogP contribution is 2.29. The van der Waals surface area contributed by atoms with Crippen LogP contribution in [0.15, 0.2) is 12.3 Å². The summed E-state index contributed by atoms with van der Waals surface area (Å²) in [4.78, 5) is 17.4. The van der Waals surface area contributed by atoms with Crippen LogP contribution in [-0.2, 0) is 0 Å². The summed E-state index contributed by atoms with van der Waals surface area (Å²) in [7, 11) is 0. The zero-order valence-electron chi connectivity index (χ0n) is 9.57. The van der Waals surface area contributed by atoms with Crippen molar-refractivity contribution in [3.8, 4) is 6.07 Å². The maximum Gasteiger partial charge on any atom is 0.257 e. The topological polar surface area (TPSA) is 57.0 Å². The van der Waals surface area contributed by atoms with Gasteiger partial charge in [0.2, 0.25) is 0 Å². The van der Waals surface area contributed by atoms with Crippen LogP contribution in [0.3, 0.4) is 0 Å². The number of pyridine rings is 1. The summed E-state index contributed by atoms with van der Waals surface area (Å²) < 4.78 is 13.1. The van der Waals surface area contributed by atoms with Crippen LogP contribution in [0.4, 0.5) is 4.39 Å². The summed E-state index contributed by atoms with van der Waals surface area (Å²) in [6, 6.07) is 3.22. The van der Waals surface area contributed by atoms with Gasteiger partial charge in [-0.2, -0.15) is 5.26 Å². The molecule has 0 saturated heterocycles. The van der Waals surface area contributed by atoms with Crippen molar-refractivity contribution in [3.63, 3.8) is 0 Å². The molecule has 2 rings (SSSR count). The van der Waals surface area contributed by atoms with Gasteiger partial charge in [-0.1, -0.05) is 11.6 Å². The van der Waals surface area contributed by atoms with Gasteiger partial charge < -0.3 is 4.90 Å². The van der Waals surface area contributed by atoms with Gasteiger partial charge in [0, 0.05) is 12.6 Å². The van der Waals surface area contributed by atoms with Gasteiger partial charge >= 0.3 is 0 Å². The quantitative estimate of drug-likeness (QED) is 0.787. The number of hydrogen-bond donors (Lipinski definition) is 0. The molecule has 0 unspecified atom stereocenters. The van der Waals surface area contributed by atoms with E-state index in [0.29, 0.717) is 6.54 Å². The molecule has 6 heteroatoms. The molecule has 0 spiro atoms. The maximum absolute atomic E-state index is 13.1. The zero-order valence-corrected chi connectivity index (χ0v) is 10.3. The Morgan fingerprint density at radius 2 is 2.39 bits per heavy atom. The molecule has 1 aliphatic rings. The minimum atomic E-state index is -0.598. The van der Waals surface area contributed by atoms with Crippen LogP contribution in [-0.4, -0.2) is 28.4 Å². The van der Waals surface area contributed by atoms with E-state index in [4.69, 9.17) is 16.9 Å². The fraction of sp³-hybridized carbons (Fsp3) is 0.417. The second kappa shape index (κ2) is 5.32. The molecule has 1 fully saturated rings. The Kier molecular flexibility index (Phi) is 3.78. The number of amides is 1. The van der Waals surface area contributed by atoms with Gasteiger partial charge in [0.15, 0.2) is 0 Å². The van der Waals surface area contributed by atoms with Crippen molar-refractivity contribution in [1.82, 2.24) is 9.88 Å². The molecule has 18 heavy (non-hydrogen) atoms. The lowest BCUT2D eigenvalue weighted by atomic mass is 10.2. The van der Waals surface area contributed by atoms with E-state index >= 15 is 0 Å². The molecule has 0 aliphatic heterocycles. The van der Waals surface area contributed by atoms with Crippen LogP contribution >= 0.6 is 11.6 Å². The van der Waals surface area contributed by atoms with Crippen LogP contribution in [0.1, 0.15) is 29.6 Å². The van der Waals surface area contributed by atoms with Gasteiger partial charge in [0.1, 0.15) is 11.0 Å². The van der Waals surface area contributed by atoms with Crippen LogP contribution in [0, 0.1) is 17.1 Å². The van der Waals surface area contributed by atoms with Crippen molar-refractivity contribution in [2.24, 2.45) is 0 Å². The lowest BCUT2D eigenvalue weighted by Crippen LogP contribution is -2.34. The zero-order chi connectivity index (χ0) is 13.1. The lowest BCUT2D eigenvalue weighted by Gasteiger charge is -2.21. The number of carbonyl (C=O) groups is 1. The summed E-state index contributed by atoms with van der Waals surface area (Å²) in [5.74, 6) is -0.955. The Labute approximate surface area is 109 Å². The smallest absolute Gasteiger partial charge is 0.257 e. The Balaban J connectivity index is 2.22.